The van der Waals surface area contributed by atoms with Crippen LogP contribution < -0.4 is 11.1 Å². The molecule has 0 fully saturated rings. The van der Waals surface area contributed by atoms with E-state index < -0.39 is 12.1 Å². The number of rotatable bonds is 7. The lowest BCUT2D eigenvalue weighted by Gasteiger charge is -2.06. The van der Waals surface area contributed by atoms with Gasteiger partial charge in [0.15, 0.2) is 0 Å². The SMILES string of the molecule is Nc1cccc(C=CCCNC(=O)OCc2ccccc2)c1C(=O)O. The molecule has 0 radical (unpaired) electrons. The van der Waals surface area contributed by atoms with Gasteiger partial charge in [-0.3, -0.25) is 0 Å². The monoisotopic (exact) mass is 340 g/mol. The van der Waals surface area contributed by atoms with Crippen LogP contribution in [0.25, 0.3) is 6.08 Å². The molecule has 4 N–H and O–H groups in total. The number of anilines is 1. The van der Waals surface area contributed by atoms with E-state index in [1.807, 2.05) is 30.3 Å². The van der Waals surface area contributed by atoms with E-state index in [1.54, 1.807) is 30.4 Å². The van der Waals surface area contributed by atoms with E-state index in [9.17, 15) is 14.7 Å². The van der Waals surface area contributed by atoms with Crippen LogP contribution in [0.15, 0.2) is 54.6 Å². The third kappa shape index (κ3) is 5.69. The van der Waals surface area contributed by atoms with Crippen LogP contribution in [0.5, 0.6) is 0 Å². The highest BCUT2D eigenvalue weighted by Gasteiger charge is 2.11. The summed E-state index contributed by atoms with van der Waals surface area (Å²) in [7, 11) is 0. The van der Waals surface area contributed by atoms with Crippen molar-refractivity contribution in [2.24, 2.45) is 0 Å². The average Bonchev–Trinajstić information content (AvgIpc) is 2.60. The topological polar surface area (TPSA) is 102 Å². The van der Waals surface area contributed by atoms with Crippen LogP contribution in [-0.2, 0) is 11.3 Å². The number of hydrogen-bond donors (Lipinski definition) is 3. The number of carbonyl (C=O) groups is 2. The van der Waals surface area contributed by atoms with Crippen molar-refractivity contribution in [3.05, 3.63) is 71.3 Å². The minimum absolute atomic E-state index is 0.0778. The molecular weight excluding hydrogens is 320 g/mol. The number of carbonyl (C=O) groups excluding carboxylic acids is 1. The number of nitrogens with one attached hydrogen (secondary N) is 1. The van der Waals surface area contributed by atoms with Crippen molar-refractivity contribution in [1.29, 1.82) is 0 Å². The number of benzene rings is 2. The molecule has 2 aromatic rings. The van der Waals surface area contributed by atoms with Crippen LogP contribution in [-0.4, -0.2) is 23.7 Å². The van der Waals surface area contributed by atoms with Gasteiger partial charge in [-0.2, -0.15) is 0 Å². The number of carboxylic acids is 1. The first kappa shape index (κ1) is 18.1. The predicted molar refractivity (Wildman–Crippen MR) is 96.1 cm³/mol. The Morgan fingerprint density at radius 3 is 2.60 bits per heavy atom. The molecule has 0 aliphatic heterocycles. The van der Waals surface area contributed by atoms with Crippen molar-refractivity contribution < 1.29 is 19.4 Å². The number of hydrogen-bond acceptors (Lipinski definition) is 4. The summed E-state index contributed by atoms with van der Waals surface area (Å²) in [5, 5.41) is 11.8. The van der Waals surface area contributed by atoms with Gasteiger partial charge in [0, 0.05) is 12.2 Å². The molecule has 0 atom stereocenters. The number of carboxylic acid groups (broad SMARTS) is 1. The molecule has 0 heterocycles. The normalized spacial score (nSPS) is 10.6. The second-order valence-corrected chi connectivity index (χ2v) is 5.30. The molecule has 6 heteroatoms. The molecule has 0 aliphatic rings. The summed E-state index contributed by atoms with van der Waals surface area (Å²) < 4.78 is 5.09. The van der Waals surface area contributed by atoms with Gasteiger partial charge in [-0.05, 0) is 23.6 Å². The Labute approximate surface area is 145 Å². The van der Waals surface area contributed by atoms with Gasteiger partial charge >= 0.3 is 12.1 Å². The van der Waals surface area contributed by atoms with Gasteiger partial charge in [0.05, 0.1) is 5.56 Å². The first-order chi connectivity index (χ1) is 12.1. The lowest BCUT2D eigenvalue weighted by molar-refractivity contribution is 0.0697. The first-order valence-electron chi connectivity index (χ1n) is 7.81. The molecule has 0 unspecified atom stereocenters. The molecule has 0 bridgehead atoms. The zero-order chi connectivity index (χ0) is 18.1. The van der Waals surface area contributed by atoms with Crippen molar-refractivity contribution in [2.75, 3.05) is 12.3 Å². The summed E-state index contributed by atoms with van der Waals surface area (Å²) in [6.45, 7) is 0.600. The van der Waals surface area contributed by atoms with Crippen molar-refractivity contribution >= 4 is 23.8 Å². The standard InChI is InChI=1S/C19H20N2O4/c20-16-11-6-10-15(17(16)18(22)23)9-4-5-12-21-19(24)25-13-14-7-2-1-3-8-14/h1-4,6-11H,5,12-13,20H2,(H,21,24)(H,22,23). The Morgan fingerprint density at radius 2 is 1.88 bits per heavy atom. The molecule has 0 spiro atoms. The maximum Gasteiger partial charge on any atom is 0.407 e. The largest absolute Gasteiger partial charge is 0.478 e. The minimum atomic E-state index is -1.07. The van der Waals surface area contributed by atoms with E-state index in [-0.39, 0.29) is 17.9 Å². The predicted octanol–water partition coefficient (Wildman–Crippen LogP) is 3.30. The second-order valence-electron chi connectivity index (χ2n) is 5.30. The number of aromatic carboxylic acids is 1. The maximum absolute atomic E-state index is 11.6. The summed E-state index contributed by atoms with van der Waals surface area (Å²) in [5.41, 5.74) is 7.43. The van der Waals surface area contributed by atoms with E-state index in [2.05, 4.69) is 5.32 Å². The zero-order valence-corrected chi connectivity index (χ0v) is 13.6. The molecule has 6 nitrogen and oxygen atoms in total. The molecular formula is C19H20N2O4. The van der Waals surface area contributed by atoms with Crippen LogP contribution >= 0.6 is 0 Å². The van der Waals surface area contributed by atoms with Gasteiger partial charge in [-0.15, -0.1) is 0 Å². The third-order valence-corrected chi connectivity index (χ3v) is 3.43. The molecule has 25 heavy (non-hydrogen) atoms. The summed E-state index contributed by atoms with van der Waals surface area (Å²) in [6, 6.07) is 14.3. The quantitative estimate of drug-likeness (QED) is 0.530. The Balaban J connectivity index is 1.76. The fraction of sp³-hybridized carbons (Fsp3) is 0.158. The van der Waals surface area contributed by atoms with Gasteiger partial charge in [-0.25, -0.2) is 9.59 Å². The zero-order valence-electron chi connectivity index (χ0n) is 13.6. The lowest BCUT2D eigenvalue weighted by atomic mass is 10.0. The van der Waals surface area contributed by atoms with Crippen LogP contribution in [0.1, 0.15) is 27.9 Å². The number of nitrogens with two attached hydrogens (primary N) is 1. The van der Waals surface area contributed by atoms with E-state index in [1.165, 1.54) is 0 Å². The smallest absolute Gasteiger partial charge is 0.407 e. The third-order valence-electron chi connectivity index (χ3n) is 3.43. The van der Waals surface area contributed by atoms with Crippen LogP contribution in [0, 0.1) is 0 Å². The highest BCUT2D eigenvalue weighted by Crippen LogP contribution is 2.18. The van der Waals surface area contributed by atoms with Crippen molar-refractivity contribution in [3.63, 3.8) is 0 Å². The highest BCUT2D eigenvalue weighted by atomic mass is 16.5. The van der Waals surface area contributed by atoms with Crippen molar-refractivity contribution in [1.82, 2.24) is 5.32 Å². The molecule has 0 saturated heterocycles. The van der Waals surface area contributed by atoms with Gasteiger partial charge in [0.25, 0.3) is 0 Å². The van der Waals surface area contributed by atoms with Gasteiger partial charge < -0.3 is 20.9 Å². The van der Waals surface area contributed by atoms with E-state index in [0.29, 0.717) is 18.5 Å². The fourth-order valence-electron chi connectivity index (χ4n) is 2.22. The second kappa shape index (κ2) is 9.12. The molecule has 2 rings (SSSR count). The number of alkyl carbamates (subject to hydrolysis) is 1. The molecule has 1 amide bonds. The maximum atomic E-state index is 11.6. The van der Waals surface area contributed by atoms with E-state index in [0.717, 1.165) is 5.56 Å². The Hall–Kier alpha value is -3.28. The minimum Gasteiger partial charge on any atom is -0.478 e. The molecule has 0 aliphatic carbocycles. The Bertz CT molecular complexity index is 757. The first-order valence-corrected chi connectivity index (χ1v) is 7.81. The average molecular weight is 340 g/mol. The van der Waals surface area contributed by atoms with E-state index in [4.69, 9.17) is 10.5 Å². The molecule has 130 valence electrons. The van der Waals surface area contributed by atoms with Gasteiger partial charge in [0.1, 0.15) is 6.61 Å². The fourth-order valence-corrected chi connectivity index (χ4v) is 2.22. The summed E-state index contributed by atoms with van der Waals surface area (Å²) in [5.74, 6) is -1.07. The Morgan fingerprint density at radius 1 is 1.12 bits per heavy atom. The van der Waals surface area contributed by atoms with E-state index >= 15 is 0 Å². The molecule has 0 saturated carbocycles. The lowest BCUT2D eigenvalue weighted by Crippen LogP contribution is -2.24. The van der Waals surface area contributed by atoms with Crippen LogP contribution in [0.2, 0.25) is 0 Å². The number of amides is 1. The van der Waals surface area contributed by atoms with Crippen molar-refractivity contribution in [2.45, 2.75) is 13.0 Å². The summed E-state index contributed by atoms with van der Waals surface area (Å²) in [6.07, 6.45) is 3.50. The highest BCUT2D eigenvalue weighted by molar-refractivity contribution is 5.97. The molecule has 0 aromatic heterocycles. The van der Waals surface area contributed by atoms with Crippen LogP contribution in [0.4, 0.5) is 10.5 Å². The number of ether oxygens (including phenoxy) is 1. The Kier molecular flexibility index (Phi) is 6.59. The van der Waals surface area contributed by atoms with Gasteiger partial charge in [-0.1, -0.05) is 54.6 Å². The molecule has 2 aromatic carbocycles. The number of nitrogen functional groups attached to an aromatic ring is 1. The van der Waals surface area contributed by atoms with Crippen molar-refractivity contribution in [3.8, 4) is 0 Å². The summed E-state index contributed by atoms with van der Waals surface area (Å²) in [4.78, 5) is 22.8. The van der Waals surface area contributed by atoms with Gasteiger partial charge in [0.2, 0.25) is 0 Å². The van der Waals surface area contributed by atoms with Crippen LogP contribution in [0.3, 0.4) is 0 Å². The summed E-state index contributed by atoms with van der Waals surface area (Å²) >= 11 is 0.